The maximum atomic E-state index is 5.73. The van der Waals surface area contributed by atoms with Crippen LogP contribution in [-0.2, 0) is 0 Å². The van der Waals surface area contributed by atoms with Crippen molar-refractivity contribution >= 4 is 0 Å². The van der Waals surface area contributed by atoms with Crippen molar-refractivity contribution in [1.29, 1.82) is 0 Å². The van der Waals surface area contributed by atoms with Gasteiger partial charge in [0.15, 0.2) is 0 Å². The molecule has 1 heterocycles. The van der Waals surface area contributed by atoms with Crippen molar-refractivity contribution in [2.45, 2.75) is 26.2 Å². The molecule has 2 atom stereocenters. The predicted octanol–water partition coefficient (Wildman–Crippen LogP) is 1.54. The van der Waals surface area contributed by atoms with E-state index in [0.29, 0.717) is 24.5 Å². The number of rotatable bonds is 4. The van der Waals surface area contributed by atoms with E-state index in [1.165, 1.54) is 19.3 Å². The number of aromatic nitrogens is 2. The topological polar surface area (TPSA) is 61.0 Å². The lowest BCUT2D eigenvalue weighted by molar-refractivity contribution is 0.203. The summed E-state index contributed by atoms with van der Waals surface area (Å²) in [5, 5.41) is 0. The van der Waals surface area contributed by atoms with E-state index in [1.54, 1.807) is 12.4 Å². The Hall–Kier alpha value is -1.16. The summed E-state index contributed by atoms with van der Waals surface area (Å²) in [4.78, 5) is 8.25. The lowest BCUT2D eigenvalue weighted by Gasteiger charge is -2.17. The van der Waals surface area contributed by atoms with E-state index in [-0.39, 0.29) is 0 Å². The third-order valence-corrected chi connectivity index (χ3v) is 3.30. The van der Waals surface area contributed by atoms with E-state index >= 15 is 0 Å². The van der Waals surface area contributed by atoms with Gasteiger partial charge in [-0.1, -0.05) is 6.42 Å². The van der Waals surface area contributed by atoms with Crippen molar-refractivity contribution in [3.05, 3.63) is 18.0 Å². The summed E-state index contributed by atoms with van der Waals surface area (Å²) in [6, 6.07) is 0.480. The molecular weight excluding hydrogens is 202 g/mol. The second-order valence-electron chi connectivity index (χ2n) is 4.54. The normalized spacial score (nSPS) is 24.6. The fourth-order valence-corrected chi connectivity index (χ4v) is 2.28. The van der Waals surface area contributed by atoms with Gasteiger partial charge in [0.1, 0.15) is 0 Å². The molecule has 2 unspecified atom stereocenters. The number of nitrogens with two attached hydrogens (primary N) is 1. The molecule has 0 amide bonds. The van der Waals surface area contributed by atoms with Gasteiger partial charge in [-0.2, -0.15) is 0 Å². The Morgan fingerprint density at radius 1 is 1.31 bits per heavy atom. The molecule has 4 nitrogen and oxygen atoms in total. The van der Waals surface area contributed by atoms with Crippen LogP contribution < -0.4 is 10.5 Å². The fourth-order valence-electron chi connectivity index (χ4n) is 2.28. The Kier molecular flexibility index (Phi) is 3.72. The number of nitrogens with zero attached hydrogens (tertiary/aromatic N) is 2. The minimum absolute atomic E-state index is 0.480. The zero-order chi connectivity index (χ0) is 11.4. The summed E-state index contributed by atoms with van der Waals surface area (Å²) in [7, 11) is 0. The van der Waals surface area contributed by atoms with Crippen molar-refractivity contribution in [3.8, 4) is 6.01 Å². The monoisotopic (exact) mass is 221 g/mol. The molecule has 2 rings (SSSR count). The highest BCUT2D eigenvalue weighted by Crippen LogP contribution is 2.30. The van der Waals surface area contributed by atoms with Crippen LogP contribution in [0.4, 0.5) is 0 Å². The highest BCUT2D eigenvalue weighted by Gasteiger charge is 2.26. The van der Waals surface area contributed by atoms with Gasteiger partial charge >= 0.3 is 6.01 Å². The van der Waals surface area contributed by atoms with Crippen molar-refractivity contribution in [1.82, 2.24) is 9.97 Å². The number of aryl methyl sites for hydroxylation is 1. The van der Waals surface area contributed by atoms with Gasteiger partial charge in [-0.25, -0.2) is 9.97 Å². The molecule has 4 heteroatoms. The van der Waals surface area contributed by atoms with E-state index in [0.717, 1.165) is 12.1 Å². The SMILES string of the molecule is Cc1cnc(OCC2CCCC2CN)nc1. The first-order valence-electron chi connectivity index (χ1n) is 5.91. The second-order valence-corrected chi connectivity index (χ2v) is 4.54. The molecule has 0 bridgehead atoms. The Labute approximate surface area is 96.2 Å². The summed E-state index contributed by atoms with van der Waals surface area (Å²) in [5.41, 5.74) is 6.78. The molecule has 1 fully saturated rings. The first kappa shape index (κ1) is 11.3. The standard InChI is InChI=1S/C12H19N3O/c1-9-6-14-12(15-7-9)16-8-11-4-2-3-10(11)5-13/h6-7,10-11H,2-5,8,13H2,1H3. The second kappa shape index (κ2) is 5.25. The third-order valence-electron chi connectivity index (χ3n) is 3.30. The van der Waals surface area contributed by atoms with Gasteiger partial charge in [0, 0.05) is 12.4 Å². The van der Waals surface area contributed by atoms with Crippen molar-refractivity contribution in [2.75, 3.05) is 13.2 Å². The van der Waals surface area contributed by atoms with Crippen LogP contribution in [0, 0.1) is 18.8 Å². The lowest BCUT2D eigenvalue weighted by Crippen LogP contribution is -2.23. The highest BCUT2D eigenvalue weighted by molar-refractivity contribution is 5.04. The van der Waals surface area contributed by atoms with Gasteiger partial charge < -0.3 is 10.5 Å². The van der Waals surface area contributed by atoms with Crippen LogP contribution in [0.25, 0.3) is 0 Å². The van der Waals surface area contributed by atoms with Gasteiger partial charge in [0.05, 0.1) is 6.61 Å². The number of ether oxygens (including phenoxy) is 1. The average Bonchev–Trinajstić information content (AvgIpc) is 2.76. The molecule has 16 heavy (non-hydrogen) atoms. The van der Waals surface area contributed by atoms with Crippen LogP contribution in [0.15, 0.2) is 12.4 Å². The number of hydrogen-bond acceptors (Lipinski definition) is 4. The third kappa shape index (κ3) is 2.70. The Balaban J connectivity index is 1.85. The van der Waals surface area contributed by atoms with E-state index < -0.39 is 0 Å². The molecule has 0 aromatic carbocycles. The van der Waals surface area contributed by atoms with Gasteiger partial charge in [0.25, 0.3) is 0 Å². The highest BCUT2D eigenvalue weighted by atomic mass is 16.5. The summed E-state index contributed by atoms with van der Waals surface area (Å²) in [6.07, 6.45) is 7.27. The zero-order valence-corrected chi connectivity index (χ0v) is 9.72. The fraction of sp³-hybridized carbons (Fsp3) is 0.667. The molecule has 2 N–H and O–H groups in total. The first-order valence-corrected chi connectivity index (χ1v) is 5.91. The van der Waals surface area contributed by atoms with Crippen LogP contribution in [0.2, 0.25) is 0 Å². The van der Waals surface area contributed by atoms with Crippen LogP contribution in [0.3, 0.4) is 0 Å². The van der Waals surface area contributed by atoms with Crippen LogP contribution >= 0.6 is 0 Å². The van der Waals surface area contributed by atoms with E-state index in [9.17, 15) is 0 Å². The largest absolute Gasteiger partial charge is 0.463 e. The Morgan fingerprint density at radius 3 is 2.69 bits per heavy atom. The predicted molar refractivity (Wildman–Crippen MR) is 62.1 cm³/mol. The Morgan fingerprint density at radius 2 is 2.00 bits per heavy atom. The molecule has 0 saturated heterocycles. The van der Waals surface area contributed by atoms with E-state index in [1.807, 2.05) is 6.92 Å². The molecule has 88 valence electrons. The molecule has 1 aromatic heterocycles. The van der Waals surface area contributed by atoms with Crippen LogP contribution in [0.1, 0.15) is 24.8 Å². The molecule has 1 aliphatic carbocycles. The minimum Gasteiger partial charge on any atom is -0.463 e. The quantitative estimate of drug-likeness (QED) is 0.837. The first-order chi connectivity index (χ1) is 7.79. The lowest BCUT2D eigenvalue weighted by atomic mass is 9.97. The molecule has 1 aliphatic rings. The molecule has 0 radical (unpaired) electrons. The molecular formula is C12H19N3O. The van der Waals surface area contributed by atoms with Gasteiger partial charge in [-0.15, -0.1) is 0 Å². The van der Waals surface area contributed by atoms with Gasteiger partial charge in [-0.3, -0.25) is 0 Å². The average molecular weight is 221 g/mol. The Bertz CT molecular complexity index is 326. The molecule has 1 saturated carbocycles. The summed E-state index contributed by atoms with van der Waals surface area (Å²) in [5.74, 6) is 1.19. The molecule has 1 aromatic rings. The van der Waals surface area contributed by atoms with Gasteiger partial charge in [0.2, 0.25) is 0 Å². The minimum atomic E-state index is 0.480. The maximum Gasteiger partial charge on any atom is 0.316 e. The molecule has 0 aliphatic heterocycles. The van der Waals surface area contributed by atoms with Crippen LogP contribution in [0.5, 0.6) is 6.01 Å². The van der Waals surface area contributed by atoms with Crippen molar-refractivity contribution in [2.24, 2.45) is 17.6 Å². The van der Waals surface area contributed by atoms with E-state index in [2.05, 4.69) is 9.97 Å². The summed E-state index contributed by atoms with van der Waals surface area (Å²) >= 11 is 0. The van der Waals surface area contributed by atoms with E-state index in [4.69, 9.17) is 10.5 Å². The molecule has 0 spiro atoms. The summed E-state index contributed by atoms with van der Waals surface area (Å²) in [6.45, 7) is 3.43. The van der Waals surface area contributed by atoms with Crippen LogP contribution in [-0.4, -0.2) is 23.1 Å². The maximum absolute atomic E-state index is 5.73. The van der Waals surface area contributed by atoms with Gasteiger partial charge in [-0.05, 0) is 43.7 Å². The summed E-state index contributed by atoms with van der Waals surface area (Å²) < 4.78 is 5.60. The zero-order valence-electron chi connectivity index (χ0n) is 9.72. The number of hydrogen-bond donors (Lipinski definition) is 1. The smallest absolute Gasteiger partial charge is 0.316 e. The van der Waals surface area contributed by atoms with Crippen molar-refractivity contribution < 1.29 is 4.74 Å². The van der Waals surface area contributed by atoms with Crippen molar-refractivity contribution in [3.63, 3.8) is 0 Å².